The van der Waals surface area contributed by atoms with Crippen molar-refractivity contribution in [1.29, 1.82) is 0 Å². The van der Waals surface area contributed by atoms with Crippen molar-refractivity contribution in [3.63, 3.8) is 0 Å². The molecule has 0 aliphatic heterocycles. The largest absolute Gasteiger partial charge is 0.480 e. The normalized spacial score (nSPS) is 10.1. The van der Waals surface area contributed by atoms with Crippen molar-refractivity contribution in [3.8, 4) is 11.1 Å². The summed E-state index contributed by atoms with van der Waals surface area (Å²) in [5, 5.41) is 11.1. The van der Waals surface area contributed by atoms with Gasteiger partial charge in [-0.3, -0.25) is 4.79 Å². The average molecular weight is 243 g/mol. The number of carbonyl (C=O) groups is 1. The maximum atomic E-state index is 10.4. The van der Waals surface area contributed by atoms with Crippen molar-refractivity contribution in [3.05, 3.63) is 42.2 Å². The monoisotopic (exact) mass is 243 g/mol. The molecular weight excluding hydrogens is 230 g/mol. The molecule has 0 radical (unpaired) electrons. The Morgan fingerprint density at radius 2 is 2.00 bits per heavy atom. The third-order valence-electron chi connectivity index (χ3n) is 2.40. The van der Waals surface area contributed by atoms with Crippen LogP contribution in [0, 0.1) is 6.92 Å². The molecule has 2 rings (SSSR count). The van der Waals surface area contributed by atoms with Crippen LogP contribution in [0.2, 0.25) is 0 Å². The summed E-state index contributed by atoms with van der Waals surface area (Å²) in [6, 6.07) is 8.02. The zero-order valence-electron chi connectivity index (χ0n) is 9.92. The van der Waals surface area contributed by atoms with E-state index in [-0.39, 0.29) is 6.54 Å². The molecule has 1 aromatic carbocycles. The molecule has 2 N–H and O–H groups in total. The third kappa shape index (κ3) is 3.04. The highest BCUT2D eigenvalue weighted by Crippen LogP contribution is 2.18. The predicted molar refractivity (Wildman–Crippen MR) is 68.3 cm³/mol. The summed E-state index contributed by atoms with van der Waals surface area (Å²) >= 11 is 0. The smallest absolute Gasteiger partial charge is 0.322 e. The van der Waals surface area contributed by atoms with E-state index >= 15 is 0 Å². The molecule has 2 aromatic rings. The first-order valence-corrected chi connectivity index (χ1v) is 5.50. The minimum absolute atomic E-state index is 0.191. The van der Waals surface area contributed by atoms with Crippen LogP contribution in [0.5, 0.6) is 0 Å². The molecule has 0 aliphatic rings. The molecule has 0 fully saturated rings. The molecule has 1 aromatic heterocycles. The minimum Gasteiger partial charge on any atom is -0.480 e. The number of carboxylic acids is 1. The van der Waals surface area contributed by atoms with Crippen LogP contribution >= 0.6 is 0 Å². The van der Waals surface area contributed by atoms with Gasteiger partial charge in [0.2, 0.25) is 5.95 Å². The quantitative estimate of drug-likeness (QED) is 0.858. The molecule has 0 atom stereocenters. The highest BCUT2D eigenvalue weighted by Gasteiger charge is 2.02. The van der Waals surface area contributed by atoms with Crippen molar-refractivity contribution < 1.29 is 9.90 Å². The lowest BCUT2D eigenvalue weighted by atomic mass is 10.1. The van der Waals surface area contributed by atoms with Crippen molar-refractivity contribution in [1.82, 2.24) is 9.97 Å². The van der Waals surface area contributed by atoms with E-state index in [2.05, 4.69) is 15.3 Å². The summed E-state index contributed by atoms with van der Waals surface area (Å²) in [5.41, 5.74) is 3.11. The molecule has 0 saturated carbocycles. The zero-order valence-corrected chi connectivity index (χ0v) is 9.92. The fourth-order valence-electron chi connectivity index (χ4n) is 1.55. The minimum atomic E-state index is -0.943. The van der Waals surface area contributed by atoms with E-state index in [1.54, 1.807) is 12.4 Å². The Morgan fingerprint density at radius 3 is 2.61 bits per heavy atom. The number of anilines is 1. The number of aryl methyl sites for hydroxylation is 1. The summed E-state index contributed by atoms with van der Waals surface area (Å²) in [4.78, 5) is 18.5. The van der Waals surface area contributed by atoms with Gasteiger partial charge in [-0.2, -0.15) is 0 Å². The van der Waals surface area contributed by atoms with Crippen LogP contribution in [-0.4, -0.2) is 27.6 Å². The van der Waals surface area contributed by atoms with Gasteiger partial charge in [0, 0.05) is 18.0 Å². The molecule has 5 heteroatoms. The van der Waals surface area contributed by atoms with Crippen LogP contribution < -0.4 is 5.32 Å². The van der Waals surface area contributed by atoms with Crippen molar-refractivity contribution in [2.45, 2.75) is 6.92 Å². The Labute approximate surface area is 105 Å². The summed E-state index contributed by atoms with van der Waals surface area (Å²) in [6.45, 7) is 1.83. The van der Waals surface area contributed by atoms with Crippen LogP contribution in [0.1, 0.15) is 5.56 Å². The lowest BCUT2D eigenvalue weighted by molar-refractivity contribution is -0.134. The van der Waals surface area contributed by atoms with E-state index in [0.29, 0.717) is 5.95 Å². The molecule has 18 heavy (non-hydrogen) atoms. The highest BCUT2D eigenvalue weighted by molar-refractivity contribution is 5.72. The van der Waals surface area contributed by atoms with Crippen molar-refractivity contribution in [2.24, 2.45) is 0 Å². The van der Waals surface area contributed by atoms with E-state index in [9.17, 15) is 4.79 Å². The lowest BCUT2D eigenvalue weighted by Crippen LogP contribution is -2.14. The topological polar surface area (TPSA) is 75.1 Å². The zero-order chi connectivity index (χ0) is 13.0. The van der Waals surface area contributed by atoms with Gasteiger partial charge in [-0.05, 0) is 12.5 Å². The molecule has 92 valence electrons. The molecule has 0 spiro atoms. The summed E-state index contributed by atoms with van der Waals surface area (Å²) in [6.07, 6.45) is 3.35. The Morgan fingerprint density at radius 1 is 1.28 bits per heavy atom. The first-order chi connectivity index (χ1) is 8.65. The van der Waals surface area contributed by atoms with Gasteiger partial charge in [-0.15, -0.1) is 0 Å². The lowest BCUT2D eigenvalue weighted by Gasteiger charge is -2.04. The number of hydrogen-bond acceptors (Lipinski definition) is 4. The molecule has 0 aliphatic carbocycles. The van der Waals surface area contributed by atoms with Gasteiger partial charge in [0.05, 0.1) is 0 Å². The van der Waals surface area contributed by atoms with Gasteiger partial charge in [-0.25, -0.2) is 9.97 Å². The second-order valence-electron chi connectivity index (χ2n) is 3.91. The number of nitrogens with one attached hydrogen (secondary N) is 1. The van der Waals surface area contributed by atoms with E-state index in [4.69, 9.17) is 5.11 Å². The van der Waals surface area contributed by atoms with E-state index in [0.717, 1.165) is 11.1 Å². The fraction of sp³-hybridized carbons (Fsp3) is 0.154. The van der Waals surface area contributed by atoms with E-state index < -0.39 is 5.97 Å². The third-order valence-corrected chi connectivity index (χ3v) is 2.40. The molecule has 1 heterocycles. The molecule has 0 amide bonds. The SMILES string of the molecule is Cc1cccc(-c2cnc(NCC(=O)O)nc2)c1. The Balaban J connectivity index is 2.14. The maximum absolute atomic E-state index is 10.4. The number of benzene rings is 1. The van der Waals surface area contributed by atoms with Gasteiger partial charge < -0.3 is 10.4 Å². The number of rotatable bonds is 4. The second-order valence-corrected chi connectivity index (χ2v) is 3.91. The predicted octanol–water partition coefficient (Wildman–Crippen LogP) is 1.95. The Hall–Kier alpha value is -2.43. The van der Waals surface area contributed by atoms with Crippen molar-refractivity contribution in [2.75, 3.05) is 11.9 Å². The number of aromatic nitrogens is 2. The van der Waals surface area contributed by atoms with Crippen LogP contribution in [-0.2, 0) is 4.79 Å². The highest BCUT2D eigenvalue weighted by atomic mass is 16.4. The Bertz CT molecular complexity index is 552. The fourth-order valence-corrected chi connectivity index (χ4v) is 1.55. The van der Waals surface area contributed by atoms with Gasteiger partial charge in [0.1, 0.15) is 6.54 Å². The molecule has 5 nitrogen and oxygen atoms in total. The number of hydrogen-bond donors (Lipinski definition) is 2. The molecule has 0 saturated heterocycles. The average Bonchev–Trinajstić information content (AvgIpc) is 2.37. The first-order valence-electron chi connectivity index (χ1n) is 5.50. The van der Waals surface area contributed by atoms with Gasteiger partial charge in [-0.1, -0.05) is 29.8 Å². The van der Waals surface area contributed by atoms with E-state index in [1.807, 2.05) is 31.2 Å². The van der Waals surface area contributed by atoms with Gasteiger partial charge >= 0.3 is 5.97 Å². The Kier molecular flexibility index (Phi) is 3.52. The number of nitrogens with zero attached hydrogens (tertiary/aromatic N) is 2. The van der Waals surface area contributed by atoms with Gasteiger partial charge in [0.25, 0.3) is 0 Å². The van der Waals surface area contributed by atoms with Gasteiger partial charge in [0.15, 0.2) is 0 Å². The molecule has 0 unspecified atom stereocenters. The van der Waals surface area contributed by atoms with Crippen LogP contribution in [0.4, 0.5) is 5.95 Å². The number of carboxylic acid groups (broad SMARTS) is 1. The molecule has 0 bridgehead atoms. The second kappa shape index (κ2) is 5.27. The van der Waals surface area contributed by atoms with Crippen LogP contribution in [0.15, 0.2) is 36.7 Å². The maximum Gasteiger partial charge on any atom is 0.322 e. The van der Waals surface area contributed by atoms with Crippen molar-refractivity contribution >= 4 is 11.9 Å². The standard InChI is InChI=1S/C13H13N3O2/c1-9-3-2-4-10(5-9)11-6-14-13(15-7-11)16-8-12(17)18/h2-7H,8H2,1H3,(H,17,18)(H,14,15,16). The van der Waals surface area contributed by atoms with Crippen LogP contribution in [0.3, 0.4) is 0 Å². The summed E-state index contributed by atoms with van der Waals surface area (Å²) < 4.78 is 0. The van der Waals surface area contributed by atoms with Crippen LogP contribution in [0.25, 0.3) is 11.1 Å². The number of aliphatic carboxylic acids is 1. The van der Waals surface area contributed by atoms with E-state index in [1.165, 1.54) is 5.56 Å². The molecular formula is C13H13N3O2. The summed E-state index contributed by atoms with van der Waals surface area (Å²) in [5.74, 6) is -0.629. The summed E-state index contributed by atoms with van der Waals surface area (Å²) in [7, 11) is 0. The first kappa shape index (κ1) is 12.0.